The Balaban J connectivity index is 2.95. The summed E-state index contributed by atoms with van der Waals surface area (Å²) in [7, 11) is 0. The van der Waals surface area contributed by atoms with Gasteiger partial charge in [-0.25, -0.2) is 9.18 Å². The van der Waals surface area contributed by atoms with Crippen molar-refractivity contribution in [3.8, 4) is 0 Å². The van der Waals surface area contributed by atoms with Gasteiger partial charge < -0.3 is 5.11 Å². The Bertz CT molecular complexity index is 492. The van der Waals surface area contributed by atoms with Crippen LogP contribution >= 0.6 is 15.9 Å². The Morgan fingerprint density at radius 1 is 1.42 bits per heavy atom. The molecule has 0 heterocycles. The van der Waals surface area contributed by atoms with Crippen molar-refractivity contribution in [2.75, 3.05) is 0 Å². The molecule has 0 saturated carbocycles. The van der Waals surface area contributed by atoms with Crippen LogP contribution in [0.5, 0.6) is 0 Å². The quantitative estimate of drug-likeness (QED) is 0.826. The fourth-order valence-corrected chi connectivity index (χ4v) is 1.66. The molecule has 0 spiro atoms. The number of nitrogens with one attached hydrogen (secondary N) is 1. The molecule has 3 nitrogen and oxygen atoms in total. The van der Waals surface area contributed by atoms with Gasteiger partial charge in [0.05, 0.1) is 0 Å². The van der Waals surface area contributed by atoms with E-state index in [0.29, 0.717) is 11.4 Å². The molecular weight excluding hydrogens is 334 g/mol. The maximum Gasteiger partial charge on any atom is 0.417 e. The zero-order valence-corrected chi connectivity index (χ0v) is 11.3. The van der Waals surface area contributed by atoms with Crippen molar-refractivity contribution in [2.24, 2.45) is 0 Å². The van der Waals surface area contributed by atoms with E-state index in [1.54, 1.807) is 0 Å². The predicted octanol–water partition coefficient (Wildman–Crippen LogP) is 3.08. The third-order valence-corrected chi connectivity index (χ3v) is 3.13. The lowest BCUT2D eigenvalue weighted by atomic mass is 10.0. The molecule has 1 rings (SSSR count). The molecular formula is C11H10BrF4NO2. The van der Waals surface area contributed by atoms with E-state index in [2.05, 4.69) is 15.9 Å². The summed E-state index contributed by atoms with van der Waals surface area (Å²) in [5.41, 5.74) is -3.20. The highest BCUT2D eigenvalue weighted by molar-refractivity contribution is 9.10. The molecule has 106 valence electrons. The third kappa shape index (κ3) is 3.44. The Morgan fingerprint density at radius 3 is 2.47 bits per heavy atom. The lowest BCUT2D eigenvalue weighted by Crippen LogP contribution is -2.59. The van der Waals surface area contributed by atoms with Gasteiger partial charge in [-0.15, -0.1) is 0 Å². The molecule has 19 heavy (non-hydrogen) atoms. The molecule has 1 aromatic carbocycles. The van der Waals surface area contributed by atoms with Gasteiger partial charge in [-0.3, -0.25) is 5.32 Å². The Kier molecular flexibility index (Phi) is 4.57. The van der Waals surface area contributed by atoms with Gasteiger partial charge in [-0.2, -0.15) is 13.2 Å². The number of alkyl halides is 3. The largest absolute Gasteiger partial charge is 0.480 e. The highest BCUT2D eigenvalue weighted by atomic mass is 79.9. The summed E-state index contributed by atoms with van der Waals surface area (Å²) in [6.07, 6.45) is -5.00. The van der Waals surface area contributed by atoms with Crippen LogP contribution in [0.4, 0.5) is 17.6 Å². The van der Waals surface area contributed by atoms with Crippen molar-refractivity contribution in [3.05, 3.63) is 34.1 Å². The monoisotopic (exact) mass is 343 g/mol. The molecule has 0 fully saturated rings. The molecule has 0 aromatic heterocycles. The van der Waals surface area contributed by atoms with Gasteiger partial charge in [0.2, 0.25) is 5.54 Å². The van der Waals surface area contributed by atoms with E-state index in [4.69, 9.17) is 5.11 Å². The van der Waals surface area contributed by atoms with E-state index in [9.17, 15) is 22.4 Å². The second-order valence-corrected chi connectivity index (χ2v) is 4.93. The number of aliphatic carboxylic acids is 1. The maximum absolute atomic E-state index is 13.4. The highest BCUT2D eigenvalue weighted by Crippen LogP contribution is 2.31. The summed E-state index contributed by atoms with van der Waals surface area (Å²) in [4.78, 5) is 10.8. The fraction of sp³-hybridized carbons (Fsp3) is 0.364. The van der Waals surface area contributed by atoms with Crippen LogP contribution in [-0.2, 0) is 11.3 Å². The minimum atomic E-state index is -5.00. The highest BCUT2D eigenvalue weighted by Gasteiger charge is 2.57. The number of benzene rings is 1. The number of hydrogen-bond acceptors (Lipinski definition) is 2. The van der Waals surface area contributed by atoms with Gasteiger partial charge in [0.15, 0.2) is 0 Å². The second-order valence-electron chi connectivity index (χ2n) is 4.02. The van der Waals surface area contributed by atoms with Crippen LogP contribution in [-0.4, -0.2) is 22.8 Å². The lowest BCUT2D eigenvalue weighted by molar-refractivity contribution is -0.206. The molecule has 0 bridgehead atoms. The van der Waals surface area contributed by atoms with E-state index in [-0.39, 0.29) is 5.56 Å². The van der Waals surface area contributed by atoms with Gasteiger partial charge in [0, 0.05) is 16.6 Å². The zero-order valence-electron chi connectivity index (χ0n) is 9.68. The van der Waals surface area contributed by atoms with Crippen LogP contribution in [0.25, 0.3) is 0 Å². The molecule has 0 aliphatic rings. The average Bonchev–Trinajstić information content (AvgIpc) is 2.28. The molecule has 2 N–H and O–H groups in total. The van der Waals surface area contributed by atoms with Crippen LogP contribution in [0.1, 0.15) is 12.5 Å². The van der Waals surface area contributed by atoms with Crippen molar-refractivity contribution in [3.63, 3.8) is 0 Å². The molecule has 0 aliphatic heterocycles. The SMILES string of the molecule is CC(NCc1cc(Br)ccc1F)(C(=O)O)C(F)(F)F. The number of hydrogen-bond donors (Lipinski definition) is 2. The first-order valence-corrected chi connectivity index (χ1v) is 5.86. The van der Waals surface area contributed by atoms with E-state index >= 15 is 0 Å². The van der Waals surface area contributed by atoms with E-state index in [1.807, 2.05) is 5.32 Å². The van der Waals surface area contributed by atoms with Crippen LogP contribution in [0.15, 0.2) is 22.7 Å². The molecule has 0 aliphatic carbocycles. The summed E-state index contributed by atoms with van der Waals surface area (Å²) < 4.78 is 51.9. The van der Waals surface area contributed by atoms with Crippen LogP contribution in [0.2, 0.25) is 0 Å². The van der Waals surface area contributed by atoms with E-state index < -0.39 is 30.0 Å². The van der Waals surface area contributed by atoms with E-state index in [0.717, 1.165) is 6.07 Å². The van der Waals surface area contributed by atoms with Gasteiger partial charge in [0.25, 0.3) is 0 Å². The predicted molar refractivity (Wildman–Crippen MR) is 63.0 cm³/mol. The van der Waals surface area contributed by atoms with Crippen molar-refractivity contribution in [1.82, 2.24) is 5.32 Å². The van der Waals surface area contributed by atoms with Crippen LogP contribution in [0, 0.1) is 5.82 Å². The molecule has 1 aromatic rings. The topological polar surface area (TPSA) is 49.3 Å². The maximum atomic E-state index is 13.4. The van der Waals surface area contributed by atoms with Crippen LogP contribution in [0.3, 0.4) is 0 Å². The van der Waals surface area contributed by atoms with E-state index in [1.165, 1.54) is 12.1 Å². The molecule has 0 amide bonds. The Hall–Kier alpha value is -1.15. The number of carboxylic acids is 1. The summed E-state index contributed by atoms with van der Waals surface area (Å²) in [6, 6.07) is 3.74. The lowest BCUT2D eigenvalue weighted by Gasteiger charge is -2.28. The summed E-state index contributed by atoms with van der Waals surface area (Å²) in [5.74, 6) is -2.79. The van der Waals surface area contributed by atoms with Gasteiger partial charge >= 0.3 is 12.1 Å². The van der Waals surface area contributed by atoms with Crippen molar-refractivity contribution in [2.45, 2.75) is 25.2 Å². The van der Waals surface area contributed by atoms with Crippen molar-refractivity contribution < 1.29 is 27.5 Å². The smallest absolute Gasteiger partial charge is 0.417 e. The molecule has 1 unspecified atom stereocenters. The minimum Gasteiger partial charge on any atom is -0.480 e. The first kappa shape index (κ1) is 15.9. The minimum absolute atomic E-state index is 0.0638. The second kappa shape index (κ2) is 5.46. The first-order valence-electron chi connectivity index (χ1n) is 5.07. The van der Waals surface area contributed by atoms with Gasteiger partial charge in [0.1, 0.15) is 5.82 Å². The fourth-order valence-electron chi connectivity index (χ4n) is 1.25. The number of carboxylic acid groups (broad SMARTS) is 1. The first-order chi connectivity index (χ1) is 8.58. The number of halogens is 5. The van der Waals surface area contributed by atoms with Gasteiger partial charge in [-0.1, -0.05) is 15.9 Å². The standard InChI is InChI=1S/C11H10BrF4NO2/c1-10(9(18)19,11(14,15)16)17-5-6-4-7(12)2-3-8(6)13/h2-4,17H,5H2,1H3,(H,18,19). The Morgan fingerprint density at radius 2 is 2.00 bits per heavy atom. The summed E-state index contributed by atoms with van der Waals surface area (Å²) >= 11 is 3.05. The number of rotatable bonds is 4. The third-order valence-electron chi connectivity index (χ3n) is 2.63. The molecule has 0 radical (unpaired) electrons. The summed E-state index contributed by atoms with van der Waals surface area (Å²) in [5, 5.41) is 10.5. The molecule has 8 heteroatoms. The number of carbonyl (C=O) groups is 1. The van der Waals surface area contributed by atoms with Crippen molar-refractivity contribution in [1.29, 1.82) is 0 Å². The van der Waals surface area contributed by atoms with Crippen LogP contribution < -0.4 is 5.32 Å². The molecule has 0 saturated heterocycles. The van der Waals surface area contributed by atoms with Crippen molar-refractivity contribution >= 4 is 21.9 Å². The molecule has 1 atom stereocenters. The van der Waals surface area contributed by atoms with Gasteiger partial charge in [-0.05, 0) is 25.1 Å². The Labute approximate surface area is 114 Å². The average molecular weight is 344 g/mol. The zero-order chi connectivity index (χ0) is 14.8. The normalized spacial score (nSPS) is 15.1. The summed E-state index contributed by atoms with van der Waals surface area (Å²) in [6.45, 7) is -0.0706.